The fourth-order valence-electron chi connectivity index (χ4n) is 3.52. The van der Waals surface area contributed by atoms with Crippen molar-refractivity contribution in [2.45, 2.75) is 32.5 Å². The highest BCUT2D eigenvalue weighted by Crippen LogP contribution is 2.27. The Morgan fingerprint density at radius 1 is 1.27 bits per heavy atom. The van der Waals surface area contributed by atoms with Crippen molar-refractivity contribution in [3.05, 3.63) is 29.3 Å². The van der Waals surface area contributed by atoms with Gasteiger partial charge in [-0.25, -0.2) is 14.6 Å². The molecule has 0 aromatic carbocycles. The van der Waals surface area contributed by atoms with Crippen LogP contribution in [0.5, 0.6) is 0 Å². The second kappa shape index (κ2) is 9.05. The summed E-state index contributed by atoms with van der Waals surface area (Å²) in [6.45, 7) is 9.63. The van der Waals surface area contributed by atoms with Crippen LogP contribution in [0.4, 0.5) is 5.82 Å². The van der Waals surface area contributed by atoms with Gasteiger partial charge in [0.05, 0.1) is 36.9 Å². The molecule has 0 unspecified atom stereocenters. The van der Waals surface area contributed by atoms with Crippen LogP contribution in [0.3, 0.4) is 0 Å². The van der Waals surface area contributed by atoms with Crippen LogP contribution in [0.15, 0.2) is 21.8 Å². The van der Waals surface area contributed by atoms with Gasteiger partial charge >= 0.3 is 0 Å². The molecule has 0 atom stereocenters. The highest BCUT2D eigenvalue weighted by atomic mass is 32.2. The van der Waals surface area contributed by atoms with Gasteiger partial charge in [-0.15, -0.1) is 0 Å². The number of thioether (sulfide) groups is 1. The number of aromatic nitrogens is 4. The summed E-state index contributed by atoms with van der Waals surface area (Å²) in [4.78, 5) is 24.1. The molecule has 30 heavy (non-hydrogen) atoms. The molecule has 1 aliphatic heterocycles. The molecule has 1 saturated heterocycles. The number of ether oxygens (including phenoxy) is 1. The molecule has 1 N–H and O–H groups in total. The Kier molecular flexibility index (Phi) is 6.24. The van der Waals surface area contributed by atoms with Crippen molar-refractivity contribution >= 4 is 34.5 Å². The summed E-state index contributed by atoms with van der Waals surface area (Å²) in [5, 5.41) is 9.12. The maximum Gasteiger partial charge on any atom is 0.254 e. The van der Waals surface area contributed by atoms with Gasteiger partial charge in [0.15, 0.2) is 10.8 Å². The molecule has 0 saturated carbocycles. The summed E-state index contributed by atoms with van der Waals surface area (Å²) < 4.78 is 12.7. The fourth-order valence-corrected chi connectivity index (χ4v) is 4.08. The predicted octanol–water partition coefficient (Wildman–Crippen LogP) is 2.41. The van der Waals surface area contributed by atoms with Crippen molar-refractivity contribution in [3.8, 4) is 0 Å². The van der Waals surface area contributed by atoms with E-state index in [0.717, 1.165) is 46.6 Å². The van der Waals surface area contributed by atoms with Crippen molar-refractivity contribution in [1.82, 2.24) is 25.1 Å². The Morgan fingerprint density at radius 2 is 2.07 bits per heavy atom. The number of aryl methyl sites for hydroxylation is 2. The number of carbonyl (C=O) groups is 1. The number of morpholine rings is 1. The Bertz CT molecular complexity index is 1040. The first kappa shape index (κ1) is 20.7. The van der Waals surface area contributed by atoms with Gasteiger partial charge in [0.1, 0.15) is 17.3 Å². The average molecular weight is 431 g/mol. The van der Waals surface area contributed by atoms with E-state index in [9.17, 15) is 4.79 Å². The van der Waals surface area contributed by atoms with Gasteiger partial charge in [0, 0.05) is 19.6 Å². The summed E-state index contributed by atoms with van der Waals surface area (Å²) in [7, 11) is 0. The predicted molar refractivity (Wildman–Crippen MR) is 115 cm³/mol. The molecule has 4 heterocycles. The molecule has 1 aliphatic rings. The van der Waals surface area contributed by atoms with E-state index in [1.165, 1.54) is 0 Å². The molecule has 10 heteroatoms. The van der Waals surface area contributed by atoms with E-state index in [1.54, 1.807) is 24.8 Å². The number of amides is 1. The molecule has 0 bridgehead atoms. The van der Waals surface area contributed by atoms with Gasteiger partial charge in [0.2, 0.25) is 0 Å². The number of nitrogens with zero attached hydrogens (tertiary/aromatic N) is 5. The molecule has 4 rings (SSSR count). The third-order valence-electron chi connectivity index (χ3n) is 4.93. The number of anilines is 1. The second-order valence-corrected chi connectivity index (χ2v) is 8.28. The van der Waals surface area contributed by atoms with Crippen LogP contribution in [-0.2, 0) is 11.3 Å². The Morgan fingerprint density at radius 3 is 2.77 bits per heavy atom. The lowest BCUT2D eigenvalue weighted by atomic mass is 10.2. The third-order valence-corrected chi connectivity index (χ3v) is 5.66. The summed E-state index contributed by atoms with van der Waals surface area (Å²) in [6.07, 6.45) is 1.81. The molecule has 1 amide bonds. The molecule has 0 spiro atoms. The van der Waals surface area contributed by atoms with E-state index in [2.05, 4.69) is 22.2 Å². The third kappa shape index (κ3) is 4.29. The van der Waals surface area contributed by atoms with Gasteiger partial charge < -0.3 is 19.4 Å². The zero-order valence-electron chi connectivity index (χ0n) is 17.5. The number of rotatable bonds is 7. The number of nitrogens with one attached hydrogen (secondary N) is 1. The van der Waals surface area contributed by atoms with Crippen LogP contribution in [-0.4, -0.2) is 64.3 Å². The van der Waals surface area contributed by atoms with Crippen LogP contribution in [0.25, 0.3) is 11.0 Å². The molecule has 0 radical (unpaired) electrons. The van der Waals surface area contributed by atoms with E-state index in [0.29, 0.717) is 37.6 Å². The fraction of sp³-hybridized carbons (Fsp3) is 0.500. The van der Waals surface area contributed by atoms with Crippen molar-refractivity contribution in [2.75, 3.05) is 43.5 Å². The standard InChI is InChI=1S/C20H26N6O3S/c1-4-30-20-23-17(25-7-9-28-10-8-25)16-12-22-26(18(16)24-20)6-5-21-19(27)15-11-13(2)29-14(15)3/h11-12H,4-10H2,1-3H3,(H,21,27). The Labute approximate surface area is 179 Å². The maximum atomic E-state index is 12.4. The maximum absolute atomic E-state index is 12.4. The Hall–Kier alpha value is -2.59. The monoisotopic (exact) mass is 430 g/mol. The van der Waals surface area contributed by atoms with Gasteiger partial charge in [0.25, 0.3) is 5.91 Å². The zero-order chi connectivity index (χ0) is 21.1. The van der Waals surface area contributed by atoms with Crippen LogP contribution in [0, 0.1) is 13.8 Å². The van der Waals surface area contributed by atoms with Crippen LogP contribution < -0.4 is 10.2 Å². The van der Waals surface area contributed by atoms with E-state index in [-0.39, 0.29) is 5.91 Å². The highest BCUT2D eigenvalue weighted by molar-refractivity contribution is 7.99. The quantitative estimate of drug-likeness (QED) is 0.451. The first-order chi connectivity index (χ1) is 14.6. The summed E-state index contributed by atoms with van der Waals surface area (Å²) in [5.41, 5.74) is 1.35. The topological polar surface area (TPSA) is 98.3 Å². The van der Waals surface area contributed by atoms with Gasteiger partial charge in [-0.05, 0) is 25.7 Å². The van der Waals surface area contributed by atoms with Gasteiger partial charge in [-0.3, -0.25) is 4.79 Å². The average Bonchev–Trinajstić information content (AvgIpc) is 3.30. The largest absolute Gasteiger partial charge is 0.466 e. The van der Waals surface area contributed by atoms with E-state index >= 15 is 0 Å². The summed E-state index contributed by atoms with van der Waals surface area (Å²) >= 11 is 1.61. The van der Waals surface area contributed by atoms with Crippen LogP contribution in [0.2, 0.25) is 0 Å². The van der Waals surface area contributed by atoms with E-state index < -0.39 is 0 Å². The highest BCUT2D eigenvalue weighted by Gasteiger charge is 2.20. The van der Waals surface area contributed by atoms with Crippen molar-refractivity contribution in [3.63, 3.8) is 0 Å². The first-order valence-electron chi connectivity index (χ1n) is 10.1. The minimum absolute atomic E-state index is 0.147. The lowest BCUT2D eigenvalue weighted by Gasteiger charge is -2.28. The van der Waals surface area contributed by atoms with Crippen molar-refractivity contribution in [2.24, 2.45) is 0 Å². The summed E-state index contributed by atoms with van der Waals surface area (Å²) in [5.74, 6) is 3.00. The number of hydrogen-bond acceptors (Lipinski definition) is 8. The molecule has 160 valence electrons. The summed E-state index contributed by atoms with van der Waals surface area (Å²) in [6, 6.07) is 1.75. The van der Waals surface area contributed by atoms with Crippen LogP contribution >= 0.6 is 11.8 Å². The first-order valence-corrected chi connectivity index (χ1v) is 11.1. The van der Waals surface area contributed by atoms with Crippen molar-refractivity contribution < 1.29 is 13.9 Å². The molecule has 0 aliphatic carbocycles. The lowest BCUT2D eigenvalue weighted by molar-refractivity contribution is 0.0950. The molecular weight excluding hydrogens is 404 g/mol. The second-order valence-electron chi connectivity index (χ2n) is 7.05. The van der Waals surface area contributed by atoms with Crippen LogP contribution in [0.1, 0.15) is 28.8 Å². The molecule has 3 aromatic rings. The molecular formula is C20H26N6O3S. The number of fused-ring (bicyclic) bond motifs is 1. The molecule has 3 aromatic heterocycles. The SMILES string of the molecule is CCSc1nc(N2CCOCC2)c2cnn(CCNC(=O)c3cc(C)oc3C)c2n1. The zero-order valence-corrected chi connectivity index (χ0v) is 18.3. The van der Waals surface area contributed by atoms with E-state index in [4.69, 9.17) is 19.1 Å². The number of hydrogen-bond donors (Lipinski definition) is 1. The lowest BCUT2D eigenvalue weighted by Crippen LogP contribution is -2.37. The number of carbonyl (C=O) groups excluding carboxylic acids is 1. The van der Waals surface area contributed by atoms with E-state index in [1.807, 2.05) is 17.8 Å². The minimum Gasteiger partial charge on any atom is -0.466 e. The Balaban J connectivity index is 1.53. The minimum atomic E-state index is -0.147. The number of furan rings is 1. The van der Waals surface area contributed by atoms with Crippen molar-refractivity contribution in [1.29, 1.82) is 0 Å². The van der Waals surface area contributed by atoms with Gasteiger partial charge in [-0.2, -0.15) is 5.10 Å². The molecule has 9 nitrogen and oxygen atoms in total. The smallest absolute Gasteiger partial charge is 0.254 e. The van der Waals surface area contributed by atoms with Gasteiger partial charge in [-0.1, -0.05) is 18.7 Å². The molecule has 1 fully saturated rings. The normalized spacial score (nSPS) is 14.4.